The SMILES string of the molecule is CC(C)(CCCCC(O)c1cccc(Cl)c1)OC(N)=O. The highest BCUT2D eigenvalue weighted by molar-refractivity contribution is 6.30. The molecule has 112 valence electrons. The van der Waals surface area contributed by atoms with E-state index in [1.165, 1.54) is 0 Å². The molecule has 1 aromatic rings. The maximum atomic E-state index is 10.7. The normalized spacial score (nSPS) is 13.0. The third-order valence-electron chi connectivity index (χ3n) is 3.12. The highest BCUT2D eigenvalue weighted by Gasteiger charge is 2.21. The number of primary amides is 1. The van der Waals surface area contributed by atoms with Crippen LogP contribution in [0.25, 0.3) is 0 Å². The molecular formula is C15H22ClNO3. The molecule has 0 saturated carbocycles. The predicted molar refractivity (Wildman–Crippen MR) is 79.6 cm³/mol. The van der Waals surface area contributed by atoms with E-state index in [2.05, 4.69) is 0 Å². The van der Waals surface area contributed by atoms with Crippen LogP contribution in [0.4, 0.5) is 4.79 Å². The Labute approximate surface area is 124 Å². The average molecular weight is 300 g/mol. The number of hydrogen-bond acceptors (Lipinski definition) is 3. The lowest BCUT2D eigenvalue weighted by atomic mass is 9.97. The average Bonchev–Trinajstić information content (AvgIpc) is 2.32. The molecule has 1 atom stereocenters. The van der Waals surface area contributed by atoms with Gasteiger partial charge in [-0.05, 0) is 50.8 Å². The Balaban J connectivity index is 2.32. The second-order valence-electron chi connectivity index (χ2n) is 5.50. The number of unbranched alkanes of at least 4 members (excludes halogenated alkanes) is 1. The number of aliphatic hydroxyl groups excluding tert-OH is 1. The molecule has 5 heteroatoms. The van der Waals surface area contributed by atoms with E-state index in [1.807, 2.05) is 26.0 Å². The summed E-state index contributed by atoms with van der Waals surface area (Å²) in [5, 5.41) is 10.7. The third kappa shape index (κ3) is 6.26. The molecule has 20 heavy (non-hydrogen) atoms. The summed E-state index contributed by atoms with van der Waals surface area (Å²) in [4.78, 5) is 10.7. The first-order valence-electron chi connectivity index (χ1n) is 6.72. The van der Waals surface area contributed by atoms with Crippen LogP contribution in [0.1, 0.15) is 51.2 Å². The Kier molecular flexibility index (Phi) is 6.30. The molecule has 4 nitrogen and oxygen atoms in total. The topological polar surface area (TPSA) is 72.6 Å². The number of carbonyl (C=O) groups is 1. The number of rotatable bonds is 7. The molecule has 1 amide bonds. The van der Waals surface area contributed by atoms with Crippen LogP contribution in [-0.4, -0.2) is 16.8 Å². The van der Waals surface area contributed by atoms with Crippen LogP contribution in [0.15, 0.2) is 24.3 Å². The monoisotopic (exact) mass is 299 g/mol. The Bertz CT molecular complexity index is 448. The van der Waals surface area contributed by atoms with Gasteiger partial charge in [-0.2, -0.15) is 0 Å². The van der Waals surface area contributed by atoms with Crippen molar-refractivity contribution in [1.29, 1.82) is 0 Å². The van der Waals surface area contributed by atoms with Crippen LogP contribution in [0, 0.1) is 0 Å². The van der Waals surface area contributed by atoms with Crippen molar-refractivity contribution >= 4 is 17.7 Å². The quantitative estimate of drug-likeness (QED) is 0.752. The van der Waals surface area contributed by atoms with E-state index < -0.39 is 17.8 Å². The molecule has 0 saturated heterocycles. The molecule has 0 aliphatic rings. The lowest BCUT2D eigenvalue weighted by Gasteiger charge is -2.24. The third-order valence-corrected chi connectivity index (χ3v) is 3.35. The van der Waals surface area contributed by atoms with Crippen molar-refractivity contribution in [3.05, 3.63) is 34.9 Å². The molecule has 0 aliphatic carbocycles. The first-order valence-corrected chi connectivity index (χ1v) is 7.10. The summed E-state index contributed by atoms with van der Waals surface area (Å²) >= 11 is 5.89. The first-order chi connectivity index (χ1) is 9.30. The lowest BCUT2D eigenvalue weighted by molar-refractivity contribution is 0.0362. The number of nitrogens with two attached hydrogens (primary N) is 1. The van der Waals surface area contributed by atoms with Crippen LogP contribution in [0.5, 0.6) is 0 Å². The van der Waals surface area contributed by atoms with Gasteiger partial charge in [0.15, 0.2) is 0 Å². The van der Waals surface area contributed by atoms with Crippen molar-refractivity contribution in [2.75, 3.05) is 0 Å². The van der Waals surface area contributed by atoms with Gasteiger partial charge in [-0.25, -0.2) is 4.79 Å². The van der Waals surface area contributed by atoms with Gasteiger partial charge in [-0.1, -0.05) is 30.2 Å². The van der Waals surface area contributed by atoms with Gasteiger partial charge < -0.3 is 15.6 Å². The second-order valence-corrected chi connectivity index (χ2v) is 5.93. The van der Waals surface area contributed by atoms with Crippen LogP contribution in [0.2, 0.25) is 5.02 Å². The van der Waals surface area contributed by atoms with E-state index in [9.17, 15) is 9.90 Å². The highest BCUT2D eigenvalue weighted by Crippen LogP contribution is 2.24. The summed E-state index contributed by atoms with van der Waals surface area (Å²) in [5.41, 5.74) is 5.27. The summed E-state index contributed by atoms with van der Waals surface area (Å²) in [6, 6.07) is 7.23. The van der Waals surface area contributed by atoms with Crippen molar-refractivity contribution in [2.45, 2.75) is 51.2 Å². The van der Waals surface area contributed by atoms with Crippen molar-refractivity contribution in [2.24, 2.45) is 5.73 Å². The number of halogens is 1. The molecule has 1 rings (SSSR count). The van der Waals surface area contributed by atoms with Gasteiger partial charge in [0.25, 0.3) is 0 Å². The minimum atomic E-state index is -0.756. The fourth-order valence-electron chi connectivity index (χ4n) is 2.09. The minimum absolute atomic E-state index is 0.520. The van der Waals surface area contributed by atoms with Gasteiger partial charge in [0.2, 0.25) is 0 Å². The van der Waals surface area contributed by atoms with Gasteiger partial charge in [-0.3, -0.25) is 0 Å². The zero-order valence-corrected chi connectivity index (χ0v) is 12.7. The lowest BCUT2D eigenvalue weighted by Crippen LogP contribution is -2.30. The van der Waals surface area contributed by atoms with Crippen LogP contribution >= 0.6 is 11.6 Å². The smallest absolute Gasteiger partial charge is 0.405 e. The van der Waals surface area contributed by atoms with E-state index in [0.717, 1.165) is 18.4 Å². The van der Waals surface area contributed by atoms with Gasteiger partial charge in [0.05, 0.1) is 6.10 Å². The number of ether oxygens (including phenoxy) is 1. The first kappa shape index (κ1) is 16.8. The molecule has 0 heterocycles. The van der Waals surface area contributed by atoms with E-state index in [-0.39, 0.29) is 0 Å². The van der Waals surface area contributed by atoms with Crippen molar-refractivity contribution in [3.63, 3.8) is 0 Å². The fraction of sp³-hybridized carbons (Fsp3) is 0.533. The number of hydrogen-bond donors (Lipinski definition) is 2. The molecule has 1 unspecified atom stereocenters. The molecule has 0 spiro atoms. The number of amides is 1. The van der Waals surface area contributed by atoms with Crippen molar-refractivity contribution in [3.8, 4) is 0 Å². The Hall–Kier alpha value is -1.26. The number of aliphatic hydroxyl groups is 1. The molecular weight excluding hydrogens is 278 g/mol. The number of carbonyl (C=O) groups excluding carboxylic acids is 1. The molecule has 0 fully saturated rings. The zero-order chi connectivity index (χ0) is 15.2. The number of benzene rings is 1. The van der Waals surface area contributed by atoms with Crippen LogP contribution in [0.3, 0.4) is 0 Å². The van der Waals surface area contributed by atoms with E-state index in [4.69, 9.17) is 22.1 Å². The maximum absolute atomic E-state index is 10.7. The molecule has 0 bridgehead atoms. The Morgan fingerprint density at radius 3 is 2.75 bits per heavy atom. The highest BCUT2D eigenvalue weighted by atomic mass is 35.5. The van der Waals surface area contributed by atoms with Gasteiger partial charge in [-0.15, -0.1) is 0 Å². The predicted octanol–water partition coefficient (Wildman–Crippen LogP) is 3.81. The molecule has 0 aromatic heterocycles. The Morgan fingerprint density at radius 1 is 1.45 bits per heavy atom. The van der Waals surface area contributed by atoms with Crippen LogP contribution in [-0.2, 0) is 4.74 Å². The Morgan fingerprint density at radius 2 is 2.15 bits per heavy atom. The van der Waals surface area contributed by atoms with E-state index >= 15 is 0 Å². The minimum Gasteiger partial charge on any atom is -0.444 e. The summed E-state index contributed by atoms with van der Waals surface area (Å²) in [6.07, 6.45) is 1.75. The molecule has 3 N–H and O–H groups in total. The van der Waals surface area contributed by atoms with E-state index in [0.29, 0.717) is 17.9 Å². The zero-order valence-electron chi connectivity index (χ0n) is 11.9. The standard InChI is InChI=1S/C15H22ClNO3/c1-15(2,20-14(17)19)9-4-3-8-13(18)11-6-5-7-12(16)10-11/h5-7,10,13,18H,3-4,8-9H2,1-2H3,(H2,17,19). The van der Waals surface area contributed by atoms with Gasteiger partial charge in [0.1, 0.15) is 5.60 Å². The second kappa shape index (κ2) is 7.50. The van der Waals surface area contributed by atoms with Gasteiger partial charge >= 0.3 is 6.09 Å². The van der Waals surface area contributed by atoms with E-state index in [1.54, 1.807) is 12.1 Å². The fourth-order valence-corrected chi connectivity index (χ4v) is 2.29. The molecule has 1 aromatic carbocycles. The largest absolute Gasteiger partial charge is 0.444 e. The summed E-state index contributed by atoms with van der Waals surface area (Å²) in [5.74, 6) is 0. The summed E-state index contributed by atoms with van der Waals surface area (Å²) < 4.78 is 5.00. The van der Waals surface area contributed by atoms with Crippen molar-refractivity contribution in [1.82, 2.24) is 0 Å². The van der Waals surface area contributed by atoms with Gasteiger partial charge in [0, 0.05) is 5.02 Å². The summed E-state index contributed by atoms with van der Waals surface area (Å²) in [6.45, 7) is 3.65. The summed E-state index contributed by atoms with van der Waals surface area (Å²) in [7, 11) is 0. The molecule has 0 radical (unpaired) electrons. The molecule has 0 aliphatic heterocycles. The maximum Gasteiger partial charge on any atom is 0.405 e. The van der Waals surface area contributed by atoms with Crippen molar-refractivity contribution < 1.29 is 14.6 Å². The van der Waals surface area contributed by atoms with Crippen LogP contribution < -0.4 is 5.73 Å².